The van der Waals surface area contributed by atoms with Gasteiger partial charge in [-0.15, -0.1) is 0 Å². The molecule has 0 atom stereocenters. The number of nitrogens with one attached hydrogen (secondary N) is 1. The van der Waals surface area contributed by atoms with Gasteiger partial charge in [0.05, 0.1) is 11.7 Å². The Balaban J connectivity index is 1.63. The number of aromatic nitrogens is 1. The van der Waals surface area contributed by atoms with E-state index in [0.29, 0.717) is 17.1 Å². The molecule has 4 nitrogen and oxygen atoms in total. The van der Waals surface area contributed by atoms with Crippen molar-refractivity contribution in [3.05, 3.63) is 41.0 Å². The normalized spacial score (nSPS) is 11.3. The lowest BCUT2D eigenvalue weighted by molar-refractivity contribution is -0.121. The van der Waals surface area contributed by atoms with E-state index in [9.17, 15) is 4.79 Å². The highest BCUT2D eigenvalue weighted by atomic mass is 35.5. The molecule has 0 radical (unpaired) electrons. The largest absolute Gasteiger partial charge is 0.273 e. The minimum Gasteiger partial charge on any atom is -0.273 e. The molecular formula is C22H30ClN3O. The van der Waals surface area contributed by atoms with Crippen LogP contribution in [0.5, 0.6) is 0 Å². The number of unbranched alkanes of at least 4 members (excludes halogenated alkanes) is 8. The average molecular weight is 388 g/mol. The molecule has 0 aliphatic carbocycles. The van der Waals surface area contributed by atoms with Crippen molar-refractivity contribution < 1.29 is 4.79 Å². The van der Waals surface area contributed by atoms with Gasteiger partial charge in [-0.25, -0.2) is 10.4 Å². The van der Waals surface area contributed by atoms with E-state index >= 15 is 0 Å². The quantitative estimate of drug-likeness (QED) is 0.202. The van der Waals surface area contributed by atoms with Crippen LogP contribution in [0.15, 0.2) is 35.4 Å². The molecule has 27 heavy (non-hydrogen) atoms. The van der Waals surface area contributed by atoms with Crippen molar-refractivity contribution in [2.75, 3.05) is 0 Å². The van der Waals surface area contributed by atoms with Crippen molar-refractivity contribution in [2.24, 2.45) is 5.10 Å². The van der Waals surface area contributed by atoms with Crippen LogP contribution < -0.4 is 5.43 Å². The summed E-state index contributed by atoms with van der Waals surface area (Å²) in [6.45, 7) is 2.24. The van der Waals surface area contributed by atoms with E-state index in [1.165, 1.54) is 44.9 Å². The van der Waals surface area contributed by atoms with Crippen molar-refractivity contribution in [3.8, 4) is 0 Å². The van der Waals surface area contributed by atoms with Crippen LogP contribution in [0, 0.1) is 0 Å². The summed E-state index contributed by atoms with van der Waals surface area (Å²) >= 11 is 6.18. The van der Waals surface area contributed by atoms with Crippen molar-refractivity contribution in [1.82, 2.24) is 10.4 Å². The molecule has 0 spiro atoms. The van der Waals surface area contributed by atoms with Crippen molar-refractivity contribution in [2.45, 2.75) is 71.1 Å². The van der Waals surface area contributed by atoms with Crippen LogP contribution in [-0.4, -0.2) is 17.1 Å². The third-order valence-corrected chi connectivity index (χ3v) is 4.91. The fourth-order valence-electron chi connectivity index (χ4n) is 3.03. The van der Waals surface area contributed by atoms with Gasteiger partial charge < -0.3 is 0 Å². The molecule has 0 unspecified atom stereocenters. The predicted octanol–water partition coefficient (Wildman–Crippen LogP) is 6.26. The average Bonchev–Trinajstić information content (AvgIpc) is 2.67. The van der Waals surface area contributed by atoms with E-state index in [4.69, 9.17) is 11.6 Å². The van der Waals surface area contributed by atoms with Gasteiger partial charge in [-0.05, 0) is 18.6 Å². The third-order valence-electron chi connectivity index (χ3n) is 4.60. The maximum atomic E-state index is 11.9. The van der Waals surface area contributed by atoms with Gasteiger partial charge in [0, 0.05) is 17.4 Å². The van der Waals surface area contributed by atoms with Gasteiger partial charge in [0.15, 0.2) is 0 Å². The molecule has 1 aromatic carbocycles. The second kappa shape index (κ2) is 12.4. The Morgan fingerprint density at radius 1 is 1.07 bits per heavy atom. The molecule has 1 heterocycles. The highest BCUT2D eigenvalue weighted by Gasteiger charge is 2.03. The number of hydrogen-bond acceptors (Lipinski definition) is 3. The molecule has 2 rings (SSSR count). The van der Waals surface area contributed by atoms with E-state index in [-0.39, 0.29) is 5.91 Å². The summed E-state index contributed by atoms with van der Waals surface area (Å²) in [5.41, 5.74) is 4.11. The van der Waals surface area contributed by atoms with Crippen molar-refractivity contribution in [3.63, 3.8) is 0 Å². The Morgan fingerprint density at radius 3 is 2.48 bits per heavy atom. The fraction of sp³-hybridized carbons (Fsp3) is 0.500. The number of carbonyl (C=O) groups is 1. The monoisotopic (exact) mass is 387 g/mol. The fourth-order valence-corrected chi connectivity index (χ4v) is 3.22. The molecule has 0 saturated heterocycles. The number of amides is 1. The van der Waals surface area contributed by atoms with Gasteiger partial charge in [0.25, 0.3) is 0 Å². The Hall–Kier alpha value is -1.94. The highest BCUT2D eigenvalue weighted by molar-refractivity contribution is 6.32. The lowest BCUT2D eigenvalue weighted by atomic mass is 10.1. The SMILES string of the molecule is CCCCCCCCCCCC(=O)N/N=C/c1cc2ccccc2nc1Cl. The zero-order valence-electron chi connectivity index (χ0n) is 16.2. The lowest BCUT2D eigenvalue weighted by Gasteiger charge is -2.03. The number of rotatable bonds is 12. The predicted molar refractivity (Wildman–Crippen MR) is 114 cm³/mol. The van der Waals surface area contributed by atoms with Crippen molar-refractivity contribution in [1.29, 1.82) is 0 Å². The summed E-state index contributed by atoms with van der Waals surface area (Å²) in [4.78, 5) is 16.2. The Labute approximate surface area is 167 Å². The molecule has 146 valence electrons. The minimum absolute atomic E-state index is 0.0564. The zero-order valence-corrected chi connectivity index (χ0v) is 17.0. The molecule has 1 N–H and O–H groups in total. The Kier molecular flexibility index (Phi) is 9.85. The van der Waals surface area contributed by atoms with Gasteiger partial charge >= 0.3 is 0 Å². The summed E-state index contributed by atoms with van der Waals surface area (Å²) in [7, 11) is 0. The van der Waals surface area contributed by atoms with Crippen LogP contribution in [0.1, 0.15) is 76.7 Å². The number of nitrogens with zero attached hydrogens (tertiary/aromatic N) is 2. The number of carbonyl (C=O) groups excluding carboxylic acids is 1. The van der Waals surface area contributed by atoms with Crippen LogP contribution in [0.25, 0.3) is 10.9 Å². The first-order chi connectivity index (χ1) is 13.2. The second-order valence-corrected chi connectivity index (χ2v) is 7.29. The van der Waals surface area contributed by atoms with Gasteiger partial charge in [0.1, 0.15) is 5.15 Å². The highest BCUT2D eigenvalue weighted by Crippen LogP contribution is 2.18. The first-order valence-corrected chi connectivity index (χ1v) is 10.5. The van der Waals surface area contributed by atoms with Crippen LogP contribution in [0.4, 0.5) is 0 Å². The topological polar surface area (TPSA) is 54.4 Å². The minimum atomic E-state index is -0.0564. The first kappa shape index (κ1) is 21.4. The molecule has 1 aromatic heterocycles. The summed E-state index contributed by atoms with van der Waals surface area (Å²) in [5.74, 6) is -0.0564. The Bertz CT molecular complexity index is 745. The number of benzene rings is 1. The molecule has 2 aromatic rings. The molecule has 5 heteroatoms. The molecule has 0 aliphatic heterocycles. The third kappa shape index (κ3) is 8.08. The smallest absolute Gasteiger partial charge is 0.240 e. The first-order valence-electron chi connectivity index (χ1n) is 10.1. The van der Waals surface area contributed by atoms with E-state index < -0.39 is 0 Å². The maximum Gasteiger partial charge on any atom is 0.240 e. The number of pyridine rings is 1. The second-order valence-electron chi connectivity index (χ2n) is 6.93. The van der Waals surface area contributed by atoms with Crippen LogP contribution in [0.2, 0.25) is 5.15 Å². The number of halogens is 1. The van der Waals surface area contributed by atoms with E-state index in [1.54, 1.807) is 6.21 Å². The molecule has 0 fully saturated rings. The van der Waals surface area contributed by atoms with E-state index in [2.05, 4.69) is 22.4 Å². The van der Waals surface area contributed by atoms with Gasteiger partial charge in [-0.3, -0.25) is 4.79 Å². The number of hydrogen-bond donors (Lipinski definition) is 1. The lowest BCUT2D eigenvalue weighted by Crippen LogP contribution is -2.16. The van der Waals surface area contributed by atoms with E-state index in [1.807, 2.05) is 30.3 Å². The molecule has 1 amide bonds. The zero-order chi connectivity index (χ0) is 19.3. The molecule has 0 aliphatic rings. The number of para-hydroxylation sites is 1. The van der Waals surface area contributed by atoms with Crippen LogP contribution in [0.3, 0.4) is 0 Å². The molecule has 0 bridgehead atoms. The van der Waals surface area contributed by atoms with Crippen LogP contribution in [-0.2, 0) is 4.79 Å². The number of hydrazone groups is 1. The van der Waals surface area contributed by atoms with Crippen molar-refractivity contribution >= 4 is 34.6 Å². The standard InChI is InChI=1S/C22H30ClN3O/c1-2-3-4-5-6-7-8-9-10-15-21(27)26-24-17-19-16-18-13-11-12-14-20(18)25-22(19)23/h11-14,16-17H,2-10,15H2,1H3,(H,26,27)/b24-17+. The van der Waals surface area contributed by atoms with Gasteiger partial charge in [-0.1, -0.05) is 88.1 Å². The van der Waals surface area contributed by atoms with Gasteiger partial charge in [0.2, 0.25) is 5.91 Å². The molecule has 0 saturated carbocycles. The summed E-state index contributed by atoms with van der Waals surface area (Å²) < 4.78 is 0. The maximum absolute atomic E-state index is 11.9. The summed E-state index contributed by atoms with van der Waals surface area (Å²) in [5, 5.41) is 5.39. The molecular weight excluding hydrogens is 358 g/mol. The van der Waals surface area contributed by atoms with Crippen LogP contribution >= 0.6 is 11.6 Å². The number of fused-ring (bicyclic) bond motifs is 1. The summed E-state index contributed by atoms with van der Waals surface area (Å²) in [6.07, 6.45) is 13.2. The van der Waals surface area contributed by atoms with E-state index in [0.717, 1.165) is 23.7 Å². The summed E-state index contributed by atoms with van der Waals surface area (Å²) in [6, 6.07) is 9.67. The Morgan fingerprint density at radius 2 is 1.74 bits per heavy atom. The van der Waals surface area contributed by atoms with Gasteiger partial charge in [-0.2, -0.15) is 5.10 Å².